The summed E-state index contributed by atoms with van der Waals surface area (Å²) < 4.78 is 0. The van der Waals surface area contributed by atoms with Gasteiger partial charge in [-0.25, -0.2) is 0 Å². The molecule has 1 saturated carbocycles. The molecular formula is C16H19NO3. The number of fused-ring (bicyclic) bond motifs is 1. The first kappa shape index (κ1) is 12.3. The Kier molecular flexibility index (Phi) is 2.21. The molecule has 0 aromatic carbocycles. The minimum Gasteiger partial charge on any atom is -0.338 e. The van der Waals surface area contributed by atoms with Crippen LogP contribution in [0, 0.1) is 23.2 Å². The van der Waals surface area contributed by atoms with E-state index in [4.69, 9.17) is 0 Å². The van der Waals surface area contributed by atoms with Gasteiger partial charge in [-0.3, -0.25) is 14.4 Å². The molecule has 5 atom stereocenters. The molecule has 0 spiro atoms. The number of piperidine rings is 1. The van der Waals surface area contributed by atoms with Crippen LogP contribution in [0.4, 0.5) is 0 Å². The number of nitrogens with zero attached hydrogens (tertiary/aromatic N) is 1. The fraction of sp³-hybridized carbons (Fsp3) is 0.688. The molecule has 2 aliphatic heterocycles. The highest BCUT2D eigenvalue weighted by molar-refractivity contribution is 6.08. The highest BCUT2D eigenvalue weighted by atomic mass is 16.2. The minimum atomic E-state index is -0.434. The predicted octanol–water partition coefficient (Wildman–Crippen LogP) is 1.35. The largest absolute Gasteiger partial charge is 0.338 e. The summed E-state index contributed by atoms with van der Waals surface area (Å²) in [5.41, 5.74) is 0.213. The number of carbonyl (C=O) groups excluding carboxylic acids is 3. The first-order valence-electron chi connectivity index (χ1n) is 7.54. The van der Waals surface area contributed by atoms with Gasteiger partial charge in [0.05, 0.1) is 5.92 Å². The molecule has 1 amide bonds. The van der Waals surface area contributed by atoms with Crippen molar-refractivity contribution in [1.82, 2.24) is 4.90 Å². The van der Waals surface area contributed by atoms with E-state index in [2.05, 4.69) is 0 Å². The summed E-state index contributed by atoms with van der Waals surface area (Å²) in [5.74, 6) is 0.317. The molecule has 2 bridgehead atoms. The normalized spacial score (nSPS) is 46.4. The molecule has 2 saturated heterocycles. The zero-order valence-corrected chi connectivity index (χ0v) is 11.9. The van der Waals surface area contributed by atoms with Crippen molar-refractivity contribution >= 4 is 17.5 Å². The summed E-state index contributed by atoms with van der Waals surface area (Å²) >= 11 is 0. The number of allylic oxidation sites excluding steroid dienone is 1. The van der Waals surface area contributed by atoms with E-state index in [0.29, 0.717) is 25.0 Å². The Labute approximate surface area is 118 Å². The molecule has 0 aromatic rings. The molecular weight excluding hydrogens is 254 g/mol. The van der Waals surface area contributed by atoms with Gasteiger partial charge in [-0.1, -0.05) is 13.8 Å². The fourth-order valence-electron chi connectivity index (χ4n) is 5.03. The van der Waals surface area contributed by atoms with Gasteiger partial charge >= 0.3 is 0 Å². The molecule has 4 aliphatic rings. The first-order chi connectivity index (χ1) is 9.44. The summed E-state index contributed by atoms with van der Waals surface area (Å²) in [6, 6.07) is 0.121. The average Bonchev–Trinajstić information content (AvgIpc) is 2.54. The van der Waals surface area contributed by atoms with Gasteiger partial charge in [0.15, 0.2) is 11.6 Å². The Hall–Kier alpha value is -1.45. The lowest BCUT2D eigenvalue weighted by atomic mass is 9.57. The second-order valence-electron chi connectivity index (χ2n) is 7.09. The van der Waals surface area contributed by atoms with Crippen molar-refractivity contribution in [2.24, 2.45) is 23.2 Å². The van der Waals surface area contributed by atoms with E-state index in [-0.39, 0.29) is 41.3 Å². The lowest BCUT2D eigenvalue weighted by molar-refractivity contribution is -0.137. The standard InChI is InChI=1S/C16H19NO3/c1-8-7-17-13-6-10(8)14(19)12-5-9(18)3-4-11(15(17)20)16(12,13)2/h5,8,10-11,13H,3-4,6-7H2,1-2H3/t8-,10?,11-,13?,16+/m1/s1. The molecule has 3 fully saturated rings. The van der Waals surface area contributed by atoms with Gasteiger partial charge in [-0.15, -0.1) is 0 Å². The van der Waals surface area contributed by atoms with Crippen molar-refractivity contribution in [2.75, 3.05) is 6.54 Å². The van der Waals surface area contributed by atoms with Gasteiger partial charge in [0.2, 0.25) is 5.91 Å². The van der Waals surface area contributed by atoms with Crippen LogP contribution in [0.25, 0.3) is 0 Å². The van der Waals surface area contributed by atoms with Gasteiger partial charge in [-0.2, -0.15) is 0 Å². The Morgan fingerprint density at radius 2 is 2.05 bits per heavy atom. The van der Waals surface area contributed by atoms with Crippen molar-refractivity contribution in [3.8, 4) is 0 Å². The van der Waals surface area contributed by atoms with Crippen LogP contribution in [0.2, 0.25) is 0 Å². The quantitative estimate of drug-likeness (QED) is 0.669. The van der Waals surface area contributed by atoms with E-state index in [0.717, 1.165) is 6.42 Å². The third kappa shape index (κ3) is 1.21. The van der Waals surface area contributed by atoms with Crippen LogP contribution in [0.1, 0.15) is 33.1 Å². The SMILES string of the molecule is C[C@@H]1CN2C(=O)[C@H]3CCC(=O)C=C4C(=O)C1CC2[C@]43C. The highest BCUT2D eigenvalue weighted by Gasteiger charge is 2.65. The second kappa shape index (κ2) is 3.60. The minimum absolute atomic E-state index is 0.00646. The van der Waals surface area contributed by atoms with E-state index in [1.807, 2.05) is 18.7 Å². The zero-order valence-electron chi connectivity index (χ0n) is 11.9. The number of hydrogen-bond acceptors (Lipinski definition) is 3. The lowest BCUT2D eigenvalue weighted by Crippen LogP contribution is -2.56. The molecule has 0 radical (unpaired) electrons. The fourth-order valence-corrected chi connectivity index (χ4v) is 5.03. The monoisotopic (exact) mass is 273 g/mol. The summed E-state index contributed by atoms with van der Waals surface area (Å²) in [7, 11) is 0. The van der Waals surface area contributed by atoms with E-state index in [1.54, 1.807) is 6.08 Å². The van der Waals surface area contributed by atoms with Crippen LogP contribution in [0.5, 0.6) is 0 Å². The van der Waals surface area contributed by atoms with Crippen molar-refractivity contribution in [3.63, 3.8) is 0 Å². The van der Waals surface area contributed by atoms with Gasteiger partial charge in [0.1, 0.15) is 0 Å². The van der Waals surface area contributed by atoms with Crippen molar-refractivity contribution in [1.29, 1.82) is 0 Å². The zero-order chi connectivity index (χ0) is 14.2. The molecule has 2 aliphatic carbocycles. The second-order valence-corrected chi connectivity index (χ2v) is 7.09. The predicted molar refractivity (Wildman–Crippen MR) is 71.7 cm³/mol. The average molecular weight is 273 g/mol. The number of carbonyl (C=O) groups is 3. The Morgan fingerprint density at radius 3 is 2.80 bits per heavy atom. The van der Waals surface area contributed by atoms with E-state index < -0.39 is 5.41 Å². The Morgan fingerprint density at radius 1 is 1.30 bits per heavy atom. The number of hydrogen-bond donors (Lipinski definition) is 0. The smallest absolute Gasteiger partial charge is 0.226 e. The summed E-state index contributed by atoms with van der Waals surface area (Å²) in [5, 5.41) is 0. The van der Waals surface area contributed by atoms with E-state index in [1.165, 1.54) is 0 Å². The van der Waals surface area contributed by atoms with Crippen molar-refractivity contribution in [2.45, 2.75) is 39.2 Å². The van der Waals surface area contributed by atoms with Gasteiger partial charge in [0, 0.05) is 35.9 Å². The molecule has 4 heteroatoms. The summed E-state index contributed by atoms with van der Waals surface area (Å²) in [4.78, 5) is 39.5. The van der Waals surface area contributed by atoms with Crippen LogP contribution < -0.4 is 0 Å². The lowest BCUT2D eigenvalue weighted by Gasteiger charge is -2.49. The van der Waals surface area contributed by atoms with Crippen LogP contribution in [0.3, 0.4) is 0 Å². The van der Waals surface area contributed by atoms with Gasteiger partial charge in [-0.05, 0) is 24.8 Å². The maximum atomic E-state index is 12.8. The summed E-state index contributed by atoms with van der Waals surface area (Å²) in [6.07, 6.45) is 3.33. The van der Waals surface area contributed by atoms with Crippen molar-refractivity contribution in [3.05, 3.63) is 11.6 Å². The van der Waals surface area contributed by atoms with Crippen molar-refractivity contribution < 1.29 is 14.4 Å². The van der Waals surface area contributed by atoms with E-state index in [9.17, 15) is 14.4 Å². The Bertz CT molecular complexity index is 578. The molecule has 0 aromatic heterocycles. The van der Waals surface area contributed by atoms with E-state index >= 15 is 0 Å². The van der Waals surface area contributed by atoms with Crippen LogP contribution in [-0.2, 0) is 14.4 Å². The number of amides is 1. The first-order valence-corrected chi connectivity index (χ1v) is 7.54. The Balaban J connectivity index is 1.96. The van der Waals surface area contributed by atoms with Crippen LogP contribution in [0.15, 0.2) is 11.6 Å². The molecule has 4 nitrogen and oxygen atoms in total. The molecule has 0 N–H and O–H groups in total. The van der Waals surface area contributed by atoms with Gasteiger partial charge < -0.3 is 4.90 Å². The molecule has 2 heterocycles. The van der Waals surface area contributed by atoms with Gasteiger partial charge in [0.25, 0.3) is 0 Å². The number of ketones is 2. The molecule has 4 rings (SSSR count). The summed E-state index contributed by atoms with van der Waals surface area (Å²) in [6.45, 7) is 4.79. The third-order valence-electron chi connectivity index (χ3n) is 6.19. The number of Topliss-reactive ketones (excluding diaryl/α,β-unsaturated/α-hetero) is 1. The molecule has 2 unspecified atom stereocenters. The molecule has 106 valence electrons. The maximum Gasteiger partial charge on any atom is 0.226 e. The maximum absolute atomic E-state index is 12.8. The molecule has 20 heavy (non-hydrogen) atoms. The third-order valence-corrected chi connectivity index (χ3v) is 6.19. The topological polar surface area (TPSA) is 54.5 Å². The highest BCUT2D eigenvalue weighted by Crippen LogP contribution is 2.59. The number of rotatable bonds is 0. The van der Waals surface area contributed by atoms with Crippen LogP contribution >= 0.6 is 0 Å². The van der Waals surface area contributed by atoms with Crippen LogP contribution in [-0.4, -0.2) is 35.0 Å².